The molecule has 0 aromatic carbocycles. The Balaban J connectivity index is 2.07. The minimum atomic E-state index is -0.957. The molecular weight excluding hydrogens is 224 g/mol. The van der Waals surface area contributed by atoms with E-state index in [4.69, 9.17) is 5.11 Å². The first-order valence-electron chi connectivity index (χ1n) is 5.20. The summed E-state index contributed by atoms with van der Waals surface area (Å²) in [5.41, 5.74) is 0.235. The lowest BCUT2D eigenvalue weighted by atomic mass is 10.2. The van der Waals surface area contributed by atoms with Gasteiger partial charge in [-0.05, 0) is 0 Å². The maximum atomic E-state index is 12.0. The van der Waals surface area contributed by atoms with E-state index >= 15 is 0 Å². The van der Waals surface area contributed by atoms with Crippen LogP contribution in [-0.4, -0.2) is 57.5 Å². The molecule has 0 bridgehead atoms. The molecule has 1 atom stereocenters. The van der Waals surface area contributed by atoms with Gasteiger partial charge in [0, 0.05) is 32.0 Å². The van der Waals surface area contributed by atoms with E-state index in [0.717, 1.165) is 0 Å². The second-order valence-corrected chi connectivity index (χ2v) is 3.69. The molecule has 0 spiro atoms. The fourth-order valence-corrected chi connectivity index (χ4v) is 1.67. The number of carbonyl (C=O) groups is 2. The molecule has 1 aromatic rings. The summed E-state index contributed by atoms with van der Waals surface area (Å²) in [5.74, 6) is -1.24. The lowest BCUT2D eigenvalue weighted by Crippen LogP contribution is -2.55. The van der Waals surface area contributed by atoms with Crippen LogP contribution in [0.25, 0.3) is 0 Å². The molecule has 7 heteroatoms. The number of nitrogens with zero attached hydrogens (tertiary/aromatic N) is 3. The van der Waals surface area contributed by atoms with Crippen molar-refractivity contribution in [3.8, 4) is 0 Å². The number of amides is 1. The van der Waals surface area contributed by atoms with Gasteiger partial charge in [-0.15, -0.1) is 0 Å². The third-order valence-electron chi connectivity index (χ3n) is 2.54. The standard InChI is InChI=1S/C10H12N4O3/c15-9(7-5-11-1-2-12-7)14-4-3-13-8(6-14)10(16)17/h1-2,5,8,13H,3-4,6H2,(H,16,17). The number of nitrogens with one attached hydrogen (secondary N) is 1. The van der Waals surface area contributed by atoms with Crippen LogP contribution in [0.2, 0.25) is 0 Å². The van der Waals surface area contributed by atoms with E-state index < -0.39 is 12.0 Å². The first-order valence-corrected chi connectivity index (χ1v) is 5.20. The summed E-state index contributed by atoms with van der Waals surface area (Å²) in [6.45, 7) is 1.08. The predicted molar refractivity (Wildman–Crippen MR) is 57.4 cm³/mol. The van der Waals surface area contributed by atoms with Crippen LogP contribution in [0.4, 0.5) is 0 Å². The Bertz CT molecular complexity index is 423. The molecule has 1 aromatic heterocycles. The molecule has 2 heterocycles. The number of piperazine rings is 1. The van der Waals surface area contributed by atoms with E-state index in [2.05, 4.69) is 15.3 Å². The van der Waals surface area contributed by atoms with Crippen LogP contribution in [0.3, 0.4) is 0 Å². The highest BCUT2D eigenvalue weighted by Gasteiger charge is 2.28. The highest BCUT2D eigenvalue weighted by atomic mass is 16.4. The summed E-state index contributed by atoms with van der Waals surface area (Å²) in [6.07, 6.45) is 4.29. The van der Waals surface area contributed by atoms with E-state index in [1.54, 1.807) is 0 Å². The second-order valence-electron chi connectivity index (χ2n) is 3.69. The first kappa shape index (κ1) is 11.5. The van der Waals surface area contributed by atoms with Crippen LogP contribution in [0.5, 0.6) is 0 Å². The van der Waals surface area contributed by atoms with Crippen molar-refractivity contribution in [2.75, 3.05) is 19.6 Å². The largest absolute Gasteiger partial charge is 0.480 e. The van der Waals surface area contributed by atoms with Gasteiger partial charge >= 0.3 is 5.97 Å². The van der Waals surface area contributed by atoms with Crippen molar-refractivity contribution in [2.45, 2.75) is 6.04 Å². The predicted octanol–water partition coefficient (Wildman–Crippen LogP) is -1.02. The minimum absolute atomic E-state index is 0.144. The van der Waals surface area contributed by atoms with Crippen molar-refractivity contribution < 1.29 is 14.7 Å². The van der Waals surface area contributed by atoms with Gasteiger partial charge in [-0.1, -0.05) is 0 Å². The highest BCUT2D eigenvalue weighted by Crippen LogP contribution is 2.05. The molecular formula is C10H12N4O3. The molecule has 1 saturated heterocycles. The lowest BCUT2D eigenvalue weighted by Gasteiger charge is -2.31. The van der Waals surface area contributed by atoms with Crippen LogP contribution in [-0.2, 0) is 4.79 Å². The molecule has 1 aliphatic heterocycles. The van der Waals surface area contributed by atoms with E-state index in [1.807, 2.05) is 0 Å². The van der Waals surface area contributed by atoms with Gasteiger partial charge in [-0.3, -0.25) is 14.6 Å². The maximum Gasteiger partial charge on any atom is 0.322 e. The molecule has 1 amide bonds. The molecule has 2 N–H and O–H groups in total. The molecule has 2 rings (SSSR count). The Morgan fingerprint density at radius 3 is 2.94 bits per heavy atom. The number of carboxylic acids is 1. The molecule has 7 nitrogen and oxygen atoms in total. The van der Waals surface area contributed by atoms with Crippen LogP contribution >= 0.6 is 0 Å². The Kier molecular flexibility index (Phi) is 3.29. The van der Waals surface area contributed by atoms with Crippen molar-refractivity contribution in [1.29, 1.82) is 0 Å². The van der Waals surface area contributed by atoms with Crippen LogP contribution in [0, 0.1) is 0 Å². The van der Waals surface area contributed by atoms with Gasteiger partial charge < -0.3 is 15.3 Å². The van der Waals surface area contributed by atoms with Gasteiger partial charge in [0.05, 0.1) is 6.20 Å². The van der Waals surface area contributed by atoms with Gasteiger partial charge in [-0.25, -0.2) is 4.98 Å². The number of hydrogen-bond acceptors (Lipinski definition) is 5. The monoisotopic (exact) mass is 236 g/mol. The highest BCUT2D eigenvalue weighted by molar-refractivity contribution is 5.92. The molecule has 1 fully saturated rings. The van der Waals surface area contributed by atoms with Crippen molar-refractivity contribution in [3.05, 3.63) is 24.3 Å². The summed E-state index contributed by atoms with van der Waals surface area (Å²) in [6, 6.07) is -0.718. The van der Waals surface area contributed by atoms with Gasteiger partial charge in [0.1, 0.15) is 11.7 Å². The quantitative estimate of drug-likeness (QED) is 0.682. The van der Waals surface area contributed by atoms with E-state index in [-0.39, 0.29) is 18.1 Å². The number of carbonyl (C=O) groups excluding carboxylic acids is 1. The smallest absolute Gasteiger partial charge is 0.322 e. The van der Waals surface area contributed by atoms with Gasteiger partial charge in [0.15, 0.2) is 0 Å². The number of rotatable bonds is 2. The molecule has 17 heavy (non-hydrogen) atoms. The summed E-state index contributed by atoms with van der Waals surface area (Å²) < 4.78 is 0. The molecule has 0 radical (unpaired) electrons. The normalized spacial score (nSPS) is 20.0. The lowest BCUT2D eigenvalue weighted by molar-refractivity contribution is -0.140. The van der Waals surface area contributed by atoms with Crippen LogP contribution in [0.1, 0.15) is 10.5 Å². The number of carboxylic acid groups (broad SMARTS) is 1. The van der Waals surface area contributed by atoms with Crippen molar-refractivity contribution in [2.24, 2.45) is 0 Å². The third kappa shape index (κ3) is 2.56. The molecule has 0 aliphatic carbocycles. The summed E-state index contributed by atoms with van der Waals surface area (Å²) in [7, 11) is 0. The third-order valence-corrected chi connectivity index (χ3v) is 2.54. The summed E-state index contributed by atoms with van der Waals surface area (Å²) in [4.78, 5) is 32.0. The van der Waals surface area contributed by atoms with Crippen LogP contribution in [0.15, 0.2) is 18.6 Å². The maximum absolute atomic E-state index is 12.0. The van der Waals surface area contributed by atoms with Gasteiger partial charge in [-0.2, -0.15) is 0 Å². The van der Waals surface area contributed by atoms with E-state index in [9.17, 15) is 9.59 Å². The van der Waals surface area contributed by atoms with Crippen molar-refractivity contribution >= 4 is 11.9 Å². The van der Waals surface area contributed by atoms with Crippen LogP contribution < -0.4 is 5.32 Å². The fourth-order valence-electron chi connectivity index (χ4n) is 1.67. The first-order chi connectivity index (χ1) is 8.18. The SMILES string of the molecule is O=C(O)C1CN(C(=O)c2cnccn2)CCN1. The van der Waals surface area contributed by atoms with Gasteiger partial charge in [0.25, 0.3) is 5.91 Å². The van der Waals surface area contributed by atoms with E-state index in [1.165, 1.54) is 23.5 Å². The van der Waals surface area contributed by atoms with Crippen molar-refractivity contribution in [1.82, 2.24) is 20.2 Å². The second kappa shape index (κ2) is 4.88. The zero-order chi connectivity index (χ0) is 12.3. The zero-order valence-electron chi connectivity index (χ0n) is 9.04. The summed E-state index contributed by atoms with van der Waals surface area (Å²) >= 11 is 0. The molecule has 1 unspecified atom stereocenters. The van der Waals surface area contributed by atoms with Gasteiger partial charge in [0.2, 0.25) is 0 Å². The van der Waals surface area contributed by atoms with E-state index in [0.29, 0.717) is 13.1 Å². The Morgan fingerprint density at radius 1 is 1.47 bits per heavy atom. The molecule has 0 saturated carbocycles. The Morgan fingerprint density at radius 2 is 2.29 bits per heavy atom. The fraction of sp³-hybridized carbons (Fsp3) is 0.400. The Labute approximate surface area is 97.5 Å². The Hall–Kier alpha value is -2.02. The number of hydrogen-bond donors (Lipinski definition) is 2. The average molecular weight is 236 g/mol. The zero-order valence-corrected chi connectivity index (χ0v) is 9.04. The average Bonchev–Trinajstić information content (AvgIpc) is 2.39. The van der Waals surface area contributed by atoms with Crippen molar-refractivity contribution in [3.63, 3.8) is 0 Å². The minimum Gasteiger partial charge on any atom is -0.480 e. The number of aliphatic carboxylic acids is 1. The topological polar surface area (TPSA) is 95.4 Å². The molecule has 90 valence electrons. The molecule has 1 aliphatic rings. The summed E-state index contributed by atoms with van der Waals surface area (Å²) in [5, 5.41) is 11.7. The number of aromatic nitrogens is 2.